The van der Waals surface area contributed by atoms with Crippen molar-refractivity contribution in [2.75, 3.05) is 7.05 Å². The second kappa shape index (κ2) is 5.09. The quantitative estimate of drug-likeness (QED) is 0.505. The number of hydrogen-bond donors (Lipinski definition) is 1. The fraction of sp³-hybridized carbons (Fsp3) is 0.444. The SMILES string of the molecule is C/C=C(\C)C(=O)C(C#N)C(=O)NC. The van der Waals surface area contributed by atoms with Crippen molar-refractivity contribution in [2.24, 2.45) is 5.92 Å². The van der Waals surface area contributed by atoms with E-state index in [1.165, 1.54) is 7.05 Å². The summed E-state index contributed by atoms with van der Waals surface area (Å²) < 4.78 is 0. The lowest BCUT2D eigenvalue weighted by Crippen LogP contribution is -2.32. The maximum Gasteiger partial charge on any atom is 0.245 e. The molecule has 13 heavy (non-hydrogen) atoms. The Kier molecular flexibility index (Phi) is 4.45. The molecular weight excluding hydrogens is 168 g/mol. The van der Waals surface area contributed by atoms with Crippen molar-refractivity contribution in [3.05, 3.63) is 11.6 Å². The Labute approximate surface area is 77.2 Å². The highest BCUT2D eigenvalue weighted by atomic mass is 16.2. The van der Waals surface area contributed by atoms with E-state index in [0.717, 1.165) is 0 Å². The van der Waals surface area contributed by atoms with E-state index in [4.69, 9.17) is 5.26 Å². The first-order valence-electron chi connectivity index (χ1n) is 3.86. The normalized spacial score (nSPS) is 12.9. The molecule has 0 rings (SSSR count). The Morgan fingerprint density at radius 1 is 1.54 bits per heavy atom. The van der Waals surface area contributed by atoms with Crippen LogP contribution in [0.1, 0.15) is 13.8 Å². The monoisotopic (exact) mass is 180 g/mol. The van der Waals surface area contributed by atoms with Gasteiger partial charge in [-0.15, -0.1) is 0 Å². The molecule has 0 aliphatic heterocycles. The van der Waals surface area contributed by atoms with Crippen molar-refractivity contribution >= 4 is 11.7 Å². The molecule has 0 saturated heterocycles. The van der Waals surface area contributed by atoms with Crippen LogP contribution < -0.4 is 5.32 Å². The van der Waals surface area contributed by atoms with Crippen molar-refractivity contribution < 1.29 is 9.59 Å². The lowest BCUT2D eigenvalue weighted by Gasteiger charge is -2.05. The first-order chi connectivity index (χ1) is 6.08. The maximum absolute atomic E-state index is 11.4. The smallest absolute Gasteiger partial charge is 0.245 e. The van der Waals surface area contributed by atoms with Crippen molar-refractivity contribution in [1.82, 2.24) is 5.32 Å². The zero-order valence-corrected chi connectivity index (χ0v) is 7.92. The van der Waals surface area contributed by atoms with Crippen LogP contribution in [0.5, 0.6) is 0 Å². The molecule has 0 aromatic rings. The summed E-state index contributed by atoms with van der Waals surface area (Å²) in [5, 5.41) is 10.8. The molecule has 0 aromatic heterocycles. The predicted molar refractivity (Wildman–Crippen MR) is 47.6 cm³/mol. The summed E-state index contributed by atoms with van der Waals surface area (Å²) in [4.78, 5) is 22.4. The Bertz CT molecular complexity index is 286. The van der Waals surface area contributed by atoms with Crippen molar-refractivity contribution in [3.63, 3.8) is 0 Å². The Morgan fingerprint density at radius 3 is 2.38 bits per heavy atom. The van der Waals surface area contributed by atoms with Gasteiger partial charge in [-0.25, -0.2) is 0 Å². The highest BCUT2D eigenvalue weighted by molar-refractivity contribution is 6.11. The third-order valence-electron chi connectivity index (χ3n) is 1.72. The molecule has 0 bridgehead atoms. The van der Waals surface area contributed by atoms with E-state index in [2.05, 4.69) is 5.32 Å². The Balaban J connectivity index is 4.73. The van der Waals surface area contributed by atoms with Crippen LogP contribution in [0.25, 0.3) is 0 Å². The molecule has 0 saturated carbocycles. The van der Waals surface area contributed by atoms with Crippen LogP contribution in [0.4, 0.5) is 0 Å². The molecule has 0 spiro atoms. The van der Waals surface area contributed by atoms with E-state index in [-0.39, 0.29) is 0 Å². The molecule has 0 aromatic carbocycles. The van der Waals surface area contributed by atoms with Crippen LogP contribution in [-0.2, 0) is 9.59 Å². The number of carbonyl (C=O) groups is 2. The second-order valence-electron chi connectivity index (χ2n) is 2.51. The van der Waals surface area contributed by atoms with Gasteiger partial charge in [0.25, 0.3) is 0 Å². The van der Waals surface area contributed by atoms with Crippen LogP contribution in [-0.4, -0.2) is 18.7 Å². The van der Waals surface area contributed by atoms with Gasteiger partial charge in [0.15, 0.2) is 11.7 Å². The number of nitrogens with one attached hydrogen (secondary N) is 1. The van der Waals surface area contributed by atoms with Gasteiger partial charge in [-0.05, 0) is 19.4 Å². The molecule has 4 nitrogen and oxygen atoms in total. The van der Waals surface area contributed by atoms with Gasteiger partial charge < -0.3 is 5.32 Å². The second-order valence-corrected chi connectivity index (χ2v) is 2.51. The predicted octanol–water partition coefficient (Wildman–Crippen LogP) is 0.407. The van der Waals surface area contributed by atoms with Gasteiger partial charge in [-0.1, -0.05) is 6.08 Å². The molecular formula is C9H12N2O2. The molecule has 4 heteroatoms. The number of rotatable bonds is 3. The van der Waals surface area contributed by atoms with Crippen molar-refractivity contribution in [2.45, 2.75) is 13.8 Å². The van der Waals surface area contributed by atoms with Crippen LogP contribution in [0.3, 0.4) is 0 Å². The maximum atomic E-state index is 11.4. The summed E-state index contributed by atoms with van der Waals surface area (Å²) in [6.45, 7) is 3.27. The van der Waals surface area contributed by atoms with E-state index in [9.17, 15) is 9.59 Å². The van der Waals surface area contributed by atoms with Gasteiger partial charge in [0.1, 0.15) is 0 Å². The molecule has 0 fully saturated rings. The van der Waals surface area contributed by atoms with Gasteiger partial charge in [0.05, 0.1) is 6.07 Å². The number of nitrogens with zero attached hydrogens (tertiary/aromatic N) is 1. The van der Waals surface area contributed by atoms with Gasteiger partial charge in [-0.2, -0.15) is 5.26 Å². The molecule has 0 heterocycles. The summed E-state index contributed by atoms with van der Waals surface area (Å²) >= 11 is 0. The lowest BCUT2D eigenvalue weighted by molar-refractivity contribution is -0.129. The number of amides is 1. The molecule has 1 N–H and O–H groups in total. The van der Waals surface area contributed by atoms with Crippen LogP contribution in [0.2, 0.25) is 0 Å². The summed E-state index contributed by atoms with van der Waals surface area (Å²) in [6, 6.07) is 1.67. The molecule has 0 aliphatic carbocycles. The lowest BCUT2D eigenvalue weighted by atomic mass is 9.99. The van der Waals surface area contributed by atoms with Crippen molar-refractivity contribution in [3.8, 4) is 6.07 Å². The average Bonchev–Trinajstić information content (AvgIpc) is 2.17. The first kappa shape index (κ1) is 11.4. The molecule has 70 valence electrons. The van der Waals surface area contributed by atoms with Gasteiger partial charge in [0, 0.05) is 7.05 Å². The minimum absolute atomic E-state index is 0.426. The Hall–Kier alpha value is -1.63. The number of nitriles is 1. The van der Waals surface area contributed by atoms with E-state index < -0.39 is 17.6 Å². The highest BCUT2D eigenvalue weighted by Gasteiger charge is 2.25. The number of allylic oxidation sites excluding steroid dienone is 2. The van der Waals surface area contributed by atoms with Gasteiger partial charge >= 0.3 is 0 Å². The number of ketones is 1. The molecule has 1 atom stereocenters. The molecule has 0 radical (unpaired) electrons. The third kappa shape index (κ3) is 2.71. The van der Waals surface area contributed by atoms with E-state index >= 15 is 0 Å². The van der Waals surface area contributed by atoms with E-state index in [0.29, 0.717) is 5.57 Å². The molecule has 1 unspecified atom stereocenters. The van der Waals surface area contributed by atoms with Crippen LogP contribution in [0.15, 0.2) is 11.6 Å². The number of hydrogen-bond acceptors (Lipinski definition) is 3. The minimum Gasteiger partial charge on any atom is -0.358 e. The van der Waals surface area contributed by atoms with E-state index in [1.54, 1.807) is 26.0 Å². The average molecular weight is 180 g/mol. The Morgan fingerprint density at radius 2 is 2.08 bits per heavy atom. The summed E-state index contributed by atoms with van der Waals surface area (Å²) in [5.74, 6) is -2.22. The molecule has 1 amide bonds. The highest BCUT2D eigenvalue weighted by Crippen LogP contribution is 2.05. The third-order valence-corrected chi connectivity index (χ3v) is 1.72. The fourth-order valence-electron chi connectivity index (χ4n) is 0.751. The molecule has 0 aliphatic rings. The van der Waals surface area contributed by atoms with E-state index in [1.807, 2.05) is 0 Å². The number of Topliss-reactive ketones (excluding diaryl/α,β-unsaturated/α-hetero) is 1. The number of carbonyl (C=O) groups excluding carboxylic acids is 2. The topological polar surface area (TPSA) is 70.0 Å². The standard InChI is InChI=1S/C9H12N2O2/c1-4-6(2)8(12)7(5-10)9(13)11-3/h4,7H,1-3H3,(H,11,13)/b6-4+. The zero-order valence-electron chi connectivity index (χ0n) is 7.92. The summed E-state index contributed by atoms with van der Waals surface area (Å²) in [5.41, 5.74) is 0.426. The summed E-state index contributed by atoms with van der Waals surface area (Å²) in [6.07, 6.45) is 1.58. The minimum atomic E-state index is -1.22. The summed E-state index contributed by atoms with van der Waals surface area (Å²) in [7, 11) is 1.39. The fourth-order valence-corrected chi connectivity index (χ4v) is 0.751. The van der Waals surface area contributed by atoms with Crippen LogP contribution >= 0.6 is 0 Å². The van der Waals surface area contributed by atoms with Crippen molar-refractivity contribution in [1.29, 1.82) is 5.26 Å². The largest absolute Gasteiger partial charge is 0.358 e. The van der Waals surface area contributed by atoms with Gasteiger partial charge in [0.2, 0.25) is 5.91 Å². The van der Waals surface area contributed by atoms with Crippen LogP contribution in [0, 0.1) is 17.2 Å². The van der Waals surface area contributed by atoms with Gasteiger partial charge in [-0.3, -0.25) is 9.59 Å². The zero-order chi connectivity index (χ0) is 10.4. The first-order valence-corrected chi connectivity index (χ1v) is 3.86.